The van der Waals surface area contributed by atoms with Crippen molar-refractivity contribution in [1.29, 1.82) is 0 Å². The number of carbonyl (C=O) groups excluding carboxylic acids is 1. The van der Waals surface area contributed by atoms with E-state index in [2.05, 4.69) is 22.2 Å². The van der Waals surface area contributed by atoms with Gasteiger partial charge in [-0.05, 0) is 19.4 Å². The number of ether oxygens (including phenoxy) is 3. The maximum Gasteiger partial charge on any atom is 0.274 e. The molecule has 0 spiro atoms. The number of amides is 1. The van der Waals surface area contributed by atoms with Crippen molar-refractivity contribution in [3.63, 3.8) is 0 Å². The maximum atomic E-state index is 12.8. The summed E-state index contributed by atoms with van der Waals surface area (Å²) in [6.07, 6.45) is 2.10. The number of unbranched alkanes of at least 4 members (excludes halogenated alkanes) is 1. The standard InChI is InChI=1S/C20H28N4O4/c1-7-8-9-24(3)20-21-13(2)10-15(23-20)19(25)22-14-11-16(26-4)18(28-6)17(12-14)27-5/h10-12H,7-9H2,1-6H3,(H,22,25). The van der Waals surface area contributed by atoms with Crippen molar-refractivity contribution in [3.8, 4) is 17.2 Å². The van der Waals surface area contributed by atoms with Crippen molar-refractivity contribution in [3.05, 3.63) is 29.6 Å². The SMILES string of the molecule is CCCCN(C)c1nc(C)cc(C(=O)Nc2cc(OC)c(OC)c(OC)c2)n1. The van der Waals surface area contributed by atoms with Gasteiger partial charge in [0.1, 0.15) is 5.69 Å². The number of carbonyl (C=O) groups is 1. The highest BCUT2D eigenvalue weighted by Gasteiger charge is 2.17. The zero-order chi connectivity index (χ0) is 20.7. The van der Waals surface area contributed by atoms with E-state index in [0.29, 0.717) is 34.6 Å². The average Bonchev–Trinajstić information content (AvgIpc) is 2.70. The normalized spacial score (nSPS) is 10.4. The molecule has 8 nitrogen and oxygen atoms in total. The van der Waals surface area contributed by atoms with Gasteiger partial charge in [0.2, 0.25) is 11.7 Å². The van der Waals surface area contributed by atoms with Crippen molar-refractivity contribution >= 4 is 17.5 Å². The first-order chi connectivity index (χ1) is 13.4. The Labute approximate surface area is 165 Å². The lowest BCUT2D eigenvalue weighted by molar-refractivity contribution is 0.102. The van der Waals surface area contributed by atoms with E-state index >= 15 is 0 Å². The second kappa shape index (κ2) is 9.77. The monoisotopic (exact) mass is 388 g/mol. The van der Waals surface area contributed by atoms with Gasteiger partial charge < -0.3 is 24.4 Å². The largest absolute Gasteiger partial charge is 0.493 e. The Bertz CT molecular complexity index is 801. The van der Waals surface area contributed by atoms with E-state index in [1.54, 1.807) is 18.2 Å². The van der Waals surface area contributed by atoms with E-state index < -0.39 is 0 Å². The minimum atomic E-state index is -0.343. The highest BCUT2D eigenvalue weighted by molar-refractivity contribution is 6.03. The lowest BCUT2D eigenvalue weighted by Crippen LogP contribution is -2.23. The minimum Gasteiger partial charge on any atom is -0.493 e. The Kier molecular flexibility index (Phi) is 7.43. The van der Waals surface area contributed by atoms with Gasteiger partial charge in [-0.3, -0.25) is 4.79 Å². The Balaban J connectivity index is 2.29. The molecule has 1 aromatic carbocycles. The van der Waals surface area contributed by atoms with Crippen LogP contribution < -0.4 is 24.4 Å². The summed E-state index contributed by atoms with van der Waals surface area (Å²) in [5, 5.41) is 2.83. The highest BCUT2D eigenvalue weighted by Crippen LogP contribution is 2.40. The molecule has 1 heterocycles. The van der Waals surface area contributed by atoms with Crippen LogP contribution in [0.25, 0.3) is 0 Å². The number of rotatable bonds is 9. The smallest absolute Gasteiger partial charge is 0.274 e. The van der Waals surface area contributed by atoms with Gasteiger partial charge in [-0.2, -0.15) is 0 Å². The van der Waals surface area contributed by atoms with Crippen LogP contribution in [0.4, 0.5) is 11.6 Å². The molecule has 0 radical (unpaired) electrons. The molecule has 28 heavy (non-hydrogen) atoms. The molecular formula is C20H28N4O4. The number of methoxy groups -OCH3 is 3. The summed E-state index contributed by atoms with van der Waals surface area (Å²) < 4.78 is 16.0. The second-order valence-corrected chi connectivity index (χ2v) is 6.34. The van der Waals surface area contributed by atoms with Gasteiger partial charge in [-0.25, -0.2) is 9.97 Å². The van der Waals surface area contributed by atoms with Crippen molar-refractivity contribution < 1.29 is 19.0 Å². The molecule has 0 aliphatic heterocycles. The molecule has 0 aliphatic rings. The van der Waals surface area contributed by atoms with E-state index in [4.69, 9.17) is 14.2 Å². The summed E-state index contributed by atoms with van der Waals surface area (Å²) in [5.41, 5.74) is 1.53. The molecule has 1 aromatic heterocycles. The lowest BCUT2D eigenvalue weighted by Gasteiger charge is -2.18. The molecule has 0 unspecified atom stereocenters. The molecule has 152 valence electrons. The Morgan fingerprint density at radius 1 is 1.07 bits per heavy atom. The molecule has 1 N–H and O–H groups in total. The third kappa shape index (κ3) is 5.03. The number of aryl methyl sites for hydroxylation is 1. The van der Waals surface area contributed by atoms with Crippen LogP contribution in [0.3, 0.4) is 0 Å². The zero-order valence-corrected chi connectivity index (χ0v) is 17.3. The Morgan fingerprint density at radius 2 is 1.71 bits per heavy atom. The minimum absolute atomic E-state index is 0.291. The summed E-state index contributed by atoms with van der Waals surface area (Å²) in [4.78, 5) is 23.6. The predicted octanol–water partition coefficient (Wildman–Crippen LogP) is 3.30. The van der Waals surface area contributed by atoms with Crippen LogP contribution in [0.5, 0.6) is 17.2 Å². The van der Waals surface area contributed by atoms with Gasteiger partial charge in [0, 0.05) is 37.1 Å². The summed E-state index contributed by atoms with van der Waals surface area (Å²) in [6, 6.07) is 4.99. The third-order valence-corrected chi connectivity index (χ3v) is 4.19. The molecule has 8 heteroatoms. The van der Waals surface area contributed by atoms with Crippen LogP contribution in [-0.2, 0) is 0 Å². The number of nitrogens with zero attached hydrogens (tertiary/aromatic N) is 3. The molecule has 0 aliphatic carbocycles. The first-order valence-corrected chi connectivity index (χ1v) is 9.11. The first-order valence-electron chi connectivity index (χ1n) is 9.11. The van der Waals surface area contributed by atoms with Gasteiger partial charge >= 0.3 is 0 Å². The fourth-order valence-corrected chi connectivity index (χ4v) is 2.68. The van der Waals surface area contributed by atoms with E-state index in [0.717, 1.165) is 25.1 Å². The van der Waals surface area contributed by atoms with Crippen molar-refractivity contribution in [2.24, 2.45) is 0 Å². The van der Waals surface area contributed by atoms with Crippen LogP contribution in [0, 0.1) is 6.92 Å². The van der Waals surface area contributed by atoms with Gasteiger partial charge in [0.25, 0.3) is 5.91 Å². The first kappa shape index (κ1) is 21.3. The molecule has 1 amide bonds. The Morgan fingerprint density at radius 3 is 2.25 bits per heavy atom. The summed E-state index contributed by atoms with van der Waals surface area (Å²) >= 11 is 0. The number of aromatic nitrogens is 2. The quantitative estimate of drug-likeness (QED) is 0.705. The fourth-order valence-electron chi connectivity index (χ4n) is 2.68. The van der Waals surface area contributed by atoms with E-state index in [1.165, 1.54) is 21.3 Å². The van der Waals surface area contributed by atoms with E-state index in [1.807, 2.05) is 18.9 Å². The molecule has 0 fully saturated rings. The third-order valence-electron chi connectivity index (χ3n) is 4.19. The molecule has 2 aromatic rings. The molecule has 2 rings (SSSR count). The number of hydrogen-bond acceptors (Lipinski definition) is 7. The predicted molar refractivity (Wildman–Crippen MR) is 109 cm³/mol. The Hall–Kier alpha value is -3.03. The number of nitrogens with one attached hydrogen (secondary N) is 1. The number of anilines is 2. The summed E-state index contributed by atoms with van der Waals surface area (Å²) in [7, 11) is 6.49. The molecular weight excluding hydrogens is 360 g/mol. The lowest BCUT2D eigenvalue weighted by atomic mass is 10.2. The van der Waals surface area contributed by atoms with Gasteiger partial charge in [-0.1, -0.05) is 13.3 Å². The van der Waals surface area contributed by atoms with Gasteiger partial charge in [-0.15, -0.1) is 0 Å². The van der Waals surface area contributed by atoms with Gasteiger partial charge in [0.05, 0.1) is 21.3 Å². The average molecular weight is 388 g/mol. The molecule has 0 saturated heterocycles. The maximum absolute atomic E-state index is 12.8. The van der Waals surface area contributed by atoms with Crippen molar-refractivity contribution in [2.75, 3.05) is 45.1 Å². The van der Waals surface area contributed by atoms with Crippen LogP contribution in [0.2, 0.25) is 0 Å². The number of benzene rings is 1. The second-order valence-electron chi connectivity index (χ2n) is 6.34. The van der Waals surface area contributed by atoms with Crippen molar-refractivity contribution in [2.45, 2.75) is 26.7 Å². The van der Waals surface area contributed by atoms with Crippen LogP contribution in [0.1, 0.15) is 35.9 Å². The summed E-state index contributed by atoms with van der Waals surface area (Å²) in [6.45, 7) is 4.80. The van der Waals surface area contributed by atoms with Gasteiger partial charge in [0.15, 0.2) is 11.5 Å². The van der Waals surface area contributed by atoms with Crippen LogP contribution >= 0.6 is 0 Å². The van der Waals surface area contributed by atoms with E-state index in [-0.39, 0.29) is 5.91 Å². The fraction of sp³-hybridized carbons (Fsp3) is 0.450. The summed E-state index contributed by atoms with van der Waals surface area (Å²) in [5.74, 6) is 1.56. The highest BCUT2D eigenvalue weighted by atomic mass is 16.5. The number of hydrogen-bond donors (Lipinski definition) is 1. The molecule has 0 atom stereocenters. The van der Waals surface area contributed by atoms with Crippen molar-refractivity contribution in [1.82, 2.24) is 9.97 Å². The van der Waals surface area contributed by atoms with E-state index in [9.17, 15) is 4.79 Å². The topological polar surface area (TPSA) is 85.8 Å². The van der Waals surface area contributed by atoms with Crippen LogP contribution in [0.15, 0.2) is 18.2 Å². The van der Waals surface area contributed by atoms with Crippen LogP contribution in [-0.4, -0.2) is 50.8 Å². The zero-order valence-electron chi connectivity index (χ0n) is 17.3. The molecule has 0 saturated carbocycles. The molecule has 0 bridgehead atoms.